The highest BCUT2D eigenvalue weighted by atomic mass is 16.3. The van der Waals surface area contributed by atoms with Gasteiger partial charge >= 0.3 is 0 Å². The van der Waals surface area contributed by atoms with Crippen molar-refractivity contribution in [2.75, 3.05) is 6.61 Å². The summed E-state index contributed by atoms with van der Waals surface area (Å²) in [5.41, 5.74) is 0. The number of unbranched alkanes of at least 4 members (excludes halogenated alkanes) is 42. The summed E-state index contributed by atoms with van der Waals surface area (Å²) in [5, 5.41) is 33.5. The summed E-state index contributed by atoms with van der Waals surface area (Å²) in [6.07, 6.45) is 58.5. The van der Waals surface area contributed by atoms with Crippen LogP contribution in [0.25, 0.3) is 0 Å². The lowest BCUT2D eigenvalue weighted by Crippen LogP contribution is -2.49. The van der Waals surface area contributed by atoms with Crippen molar-refractivity contribution in [3.63, 3.8) is 0 Å². The van der Waals surface area contributed by atoms with E-state index in [4.69, 9.17) is 0 Å². The third-order valence-corrected chi connectivity index (χ3v) is 13.0. The fourth-order valence-electron chi connectivity index (χ4n) is 8.78. The van der Waals surface area contributed by atoms with Crippen LogP contribution in [0.1, 0.15) is 309 Å². The second kappa shape index (κ2) is 49.0. The molecule has 58 heavy (non-hydrogen) atoms. The van der Waals surface area contributed by atoms with Gasteiger partial charge < -0.3 is 20.6 Å². The molecule has 1 amide bonds. The molecule has 4 N–H and O–H groups in total. The van der Waals surface area contributed by atoms with E-state index in [2.05, 4.69) is 19.2 Å². The third kappa shape index (κ3) is 43.4. The number of nitrogens with one attached hydrogen (secondary N) is 1. The maximum Gasteiger partial charge on any atom is 0.249 e. The molecule has 3 atom stereocenters. The maximum absolute atomic E-state index is 12.5. The number of hydrogen-bond acceptors (Lipinski definition) is 4. The molecule has 0 aromatic heterocycles. The van der Waals surface area contributed by atoms with E-state index < -0.39 is 24.2 Å². The first kappa shape index (κ1) is 57.3. The van der Waals surface area contributed by atoms with E-state index in [1.165, 1.54) is 250 Å². The summed E-state index contributed by atoms with van der Waals surface area (Å²) in [5.74, 6) is -0.463. The molecule has 0 aromatic carbocycles. The fraction of sp³-hybridized carbons (Fsp3) is 0.981. The van der Waals surface area contributed by atoms with Gasteiger partial charge in [0, 0.05) is 0 Å². The van der Waals surface area contributed by atoms with Crippen LogP contribution in [-0.2, 0) is 4.79 Å². The van der Waals surface area contributed by atoms with Crippen LogP contribution in [0.3, 0.4) is 0 Å². The third-order valence-electron chi connectivity index (χ3n) is 13.0. The van der Waals surface area contributed by atoms with Crippen molar-refractivity contribution in [2.45, 2.75) is 327 Å². The van der Waals surface area contributed by atoms with Gasteiger partial charge in [-0.2, -0.15) is 0 Å². The molecule has 0 fully saturated rings. The number of aliphatic hydroxyl groups is 3. The van der Waals surface area contributed by atoms with Gasteiger partial charge in [-0.15, -0.1) is 0 Å². The largest absolute Gasteiger partial charge is 0.394 e. The lowest BCUT2D eigenvalue weighted by molar-refractivity contribution is -0.131. The number of rotatable bonds is 50. The van der Waals surface area contributed by atoms with Crippen molar-refractivity contribution < 1.29 is 20.1 Å². The summed E-state index contributed by atoms with van der Waals surface area (Å²) in [6, 6.07) is -0.707. The topological polar surface area (TPSA) is 89.8 Å². The maximum atomic E-state index is 12.5. The van der Waals surface area contributed by atoms with Crippen LogP contribution in [0.4, 0.5) is 0 Å². The number of carbonyl (C=O) groups is 1. The molecule has 0 bridgehead atoms. The predicted molar refractivity (Wildman–Crippen MR) is 255 cm³/mol. The summed E-state index contributed by atoms with van der Waals surface area (Å²) in [7, 11) is 0. The zero-order valence-electron chi connectivity index (χ0n) is 39.7. The standard InChI is InChI=1S/C53H107NO4/c1-3-5-7-9-11-13-15-17-19-21-23-25-26-27-28-30-31-33-35-37-39-41-43-45-47-51(56)50(49-55)54-53(58)52(57)48-46-44-42-40-38-36-34-32-29-24-22-20-18-16-14-12-10-8-6-4-2/h50-52,55-57H,3-49H2,1-2H3,(H,54,58). The minimum Gasteiger partial charge on any atom is -0.394 e. The number of hydrogen-bond donors (Lipinski definition) is 4. The Balaban J connectivity index is 3.51. The van der Waals surface area contributed by atoms with Crippen LogP contribution >= 0.6 is 0 Å². The van der Waals surface area contributed by atoms with Gasteiger partial charge in [0.25, 0.3) is 0 Å². The highest BCUT2D eigenvalue weighted by Crippen LogP contribution is 2.18. The van der Waals surface area contributed by atoms with Gasteiger partial charge in [-0.25, -0.2) is 0 Å². The Hall–Kier alpha value is -0.650. The first-order valence-corrected chi connectivity index (χ1v) is 26.8. The average Bonchev–Trinajstić information content (AvgIpc) is 3.23. The van der Waals surface area contributed by atoms with Gasteiger partial charge in [0.05, 0.1) is 18.8 Å². The first-order chi connectivity index (χ1) is 28.6. The van der Waals surface area contributed by atoms with Crippen molar-refractivity contribution in [3.8, 4) is 0 Å². The normalized spacial score (nSPS) is 13.3. The molecule has 0 aliphatic carbocycles. The molecule has 5 nitrogen and oxygen atoms in total. The van der Waals surface area contributed by atoms with Gasteiger partial charge in [0.15, 0.2) is 0 Å². The molecule has 5 heteroatoms. The van der Waals surface area contributed by atoms with Gasteiger partial charge in [0.2, 0.25) is 5.91 Å². The Labute approximate surface area is 364 Å². The summed E-state index contributed by atoms with van der Waals surface area (Å²) >= 11 is 0. The molecular formula is C53H107NO4. The van der Waals surface area contributed by atoms with E-state index in [9.17, 15) is 20.1 Å². The van der Waals surface area contributed by atoms with Crippen LogP contribution in [0, 0.1) is 0 Å². The van der Waals surface area contributed by atoms with Gasteiger partial charge in [-0.3, -0.25) is 4.79 Å². The Morgan fingerprint density at radius 3 is 0.776 bits per heavy atom. The highest BCUT2D eigenvalue weighted by molar-refractivity contribution is 5.80. The quantitative estimate of drug-likeness (QED) is 0.0460. The van der Waals surface area contributed by atoms with Crippen molar-refractivity contribution in [3.05, 3.63) is 0 Å². The Morgan fingerprint density at radius 2 is 0.552 bits per heavy atom. The zero-order chi connectivity index (χ0) is 42.3. The molecule has 348 valence electrons. The van der Waals surface area contributed by atoms with E-state index >= 15 is 0 Å². The summed E-state index contributed by atoms with van der Waals surface area (Å²) < 4.78 is 0. The SMILES string of the molecule is CCCCCCCCCCCCCCCCCCCCCCCCCCC(O)C(CO)NC(=O)C(O)CCCCCCCCCCCCCCCCCCCCCC. The molecule has 0 aliphatic rings. The monoisotopic (exact) mass is 822 g/mol. The molecule has 0 rings (SSSR count). The number of amides is 1. The van der Waals surface area contributed by atoms with E-state index in [-0.39, 0.29) is 6.61 Å². The van der Waals surface area contributed by atoms with Gasteiger partial charge in [0.1, 0.15) is 6.10 Å². The lowest BCUT2D eigenvalue weighted by atomic mass is 10.0. The van der Waals surface area contributed by atoms with Gasteiger partial charge in [-0.05, 0) is 12.8 Å². The molecule has 0 radical (unpaired) electrons. The predicted octanol–water partition coefficient (Wildman–Crippen LogP) is 16.2. The zero-order valence-corrected chi connectivity index (χ0v) is 39.7. The summed E-state index contributed by atoms with van der Waals surface area (Å²) in [6.45, 7) is 4.27. The van der Waals surface area contributed by atoms with E-state index in [0.717, 1.165) is 32.1 Å². The smallest absolute Gasteiger partial charge is 0.249 e. The van der Waals surface area contributed by atoms with Crippen molar-refractivity contribution in [2.24, 2.45) is 0 Å². The molecule has 0 aromatic rings. The highest BCUT2D eigenvalue weighted by Gasteiger charge is 2.23. The molecular weight excluding hydrogens is 715 g/mol. The van der Waals surface area contributed by atoms with Crippen LogP contribution < -0.4 is 5.32 Å². The van der Waals surface area contributed by atoms with Crippen LogP contribution in [-0.4, -0.2) is 46.1 Å². The minimum atomic E-state index is -1.07. The Kier molecular flexibility index (Phi) is 48.5. The Bertz CT molecular complexity index is 777. The van der Waals surface area contributed by atoms with Crippen molar-refractivity contribution in [1.82, 2.24) is 5.32 Å². The van der Waals surface area contributed by atoms with E-state index in [1.54, 1.807) is 0 Å². The molecule has 3 unspecified atom stereocenters. The second-order valence-corrected chi connectivity index (χ2v) is 18.8. The first-order valence-electron chi connectivity index (χ1n) is 26.8. The average molecular weight is 822 g/mol. The molecule has 0 heterocycles. The van der Waals surface area contributed by atoms with Crippen molar-refractivity contribution >= 4 is 5.91 Å². The van der Waals surface area contributed by atoms with Gasteiger partial charge in [-0.1, -0.05) is 296 Å². The van der Waals surface area contributed by atoms with Crippen molar-refractivity contribution in [1.29, 1.82) is 0 Å². The second-order valence-electron chi connectivity index (χ2n) is 18.8. The molecule has 0 spiro atoms. The summed E-state index contributed by atoms with van der Waals surface area (Å²) in [4.78, 5) is 12.5. The molecule has 0 saturated heterocycles. The molecule has 0 aliphatic heterocycles. The minimum absolute atomic E-state index is 0.307. The van der Waals surface area contributed by atoms with Crippen LogP contribution in [0.15, 0.2) is 0 Å². The number of carbonyl (C=O) groups excluding carboxylic acids is 1. The van der Waals surface area contributed by atoms with Crippen LogP contribution in [0.5, 0.6) is 0 Å². The fourth-order valence-corrected chi connectivity index (χ4v) is 8.78. The Morgan fingerprint density at radius 1 is 0.345 bits per heavy atom. The van der Waals surface area contributed by atoms with E-state index in [1.807, 2.05) is 0 Å². The molecule has 0 saturated carbocycles. The van der Waals surface area contributed by atoms with E-state index in [0.29, 0.717) is 12.8 Å². The number of aliphatic hydroxyl groups excluding tert-OH is 3. The lowest BCUT2D eigenvalue weighted by Gasteiger charge is -2.23. The van der Waals surface area contributed by atoms with Crippen LogP contribution in [0.2, 0.25) is 0 Å².